The molecular formula is C18H23N3O4. The summed E-state index contributed by atoms with van der Waals surface area (Å²) in [5.74, 6) is -0.0492. The third-order valence-corrected chi connectivity index (χ3v) is 3.47. The second-order valence-electron chi connectivity index (χ2n) is 5.72. The molecule has 0 radical (unpaired) electrons. The molecule has 1 N–H and O–H groups in total. The van der Waals surface area contributed by atoms with Crippen molar-refractivity contribution in [1.82, 2.24) is 9.78 Å². The van der Waals surface area contributed by atoms with E-state index >= 15 is 0 Å². The standard InChI is InChI=1S/C18H23N3O4/c1-5-24-15-9-7-6-8-14(15)18(23)25-13(4)17(22)20-16-10-11-19-21(16)12(2)3/h6-13H,5H2,1-4H3,(H,20,22)/t13-/m1/s1. The summed E-state index contributed by atoms with van der Waals surface area (Å²) in [6.45, 7) is 7.69. The van der Waals surface area contributed by atoms with Crippen molar-refractivity contribution in [3.8, 4) is 5.75 Å². The Balaban J connectivity index is 2.03. The molecule has 0 aliphatic rings. The van der Waals surface area contributed by atoms with Gasteiger partial charge in [0.15, 0.2) is 6.10 Å². The van der Waals surface area contributed by atoms with Crippen LogP contribution in [0.1, 0.15) is 44.1 Å². The maximum absolute atomic E-state index is 12.3. The number of amides is 1. The molecule has 0 unspecified atom stereocenters. The fourth-order valence-corrected chi connectivity index (χ4v) is 2.25. The lowest BCUT2D eigenvalue weighted by atomic mass is 10.2. The number of hydrogen-bond donors (Lipinski definition) is 1. The maximum Gasteiger partial charge on any atom is 0.342 e. The highest BCUT2D eigenvalue weighted by Crippen LogP contribution is 2.20. The largest absolute Gasteiger partial charge is 0.493 e. The van der Waals surface area contributed by atoms with Crippen molar-refractivity contribution in [3.05, 3.63) is 42.1 Å². The summed E-state index contributed by atoms with van der Waals surface area (Å²) in [4.78, 5) is 24.6. The number of nitrogens with one attached hydrogen (secondary N) is 1. The number of para-hydroxylation sites is 1. The molecule has 1 aromatic carbocycles. The van der Waals surface area contributed by atoms with E-state index in [4.69, 9.17) is 9.47 Å². The molecule has 0 spiro atoms. The summed E-state index contributed by atoms with van der Waals surface area (Å²) in [5.41, 5.74) is 0.288. The molecule has 1 amide bonds. The van der Waals surface area contributed by atoms with E-state index in [1.165, 1.54) is 6.92 Å². The minimum atomic E-state index is -0.960. The summed E-state index contributed by atoms with van der Waals surface area (Å²) < 4.78 is 12.4. The lowest BCUT2D eigenvalue weighted by Crippen LogP contribution is -2.31. The molecule has 2 rings (SSSR count). The molecule has 0 saturated carbocycles. The van der Waals surface area contributed by atoms with E-state index in [1.54, 1.807) is 41.2 Å². The smallest absolute Gasteiger partial charge is 0.342 e. The van der Waals surface area contributed by atoms with E-state index in [9.17, 15) is 9.59 Å². The molecular weight excluding hydrogens is 322 g/mol. The number of ether oxygens (including phenoxy) is 2. The zero-order valence-corrected chi connectivity index (χ0v) is 14.9. The normalized spacial score (nSPS) is 11.9. The van der Waals surface area contributed by atoms with Crippen molar-refractivity contribution in [3.63, 3.8) is 0 Å². The molecule has 0 saturated heterocycles. The predicted octanol–water partition coefficient (Wildman–Crippen LogP) is 3.05. The molecule has 0 fully saturated rings. The van der Waals surface area contributed by atoms with Crippen molar-refractivity contribution in [1.29, 1.82) is 0 Å². The van der Waals surface area contributed by atoms with Gasteiger partial charge in [-0.15, -0.1) is 0 Å². The Kier molecular flexibility index (Phi) is 6.16. The quantitative estimate of drug-likeness (QED) is 0.780. The van der Waals surface area contributed by atoms with Gasteiger partial charge in [-0.25, -0.2) is 9.48 Å². The number of anilines is 1. The topological polar surface area (TPSA) is 82.4 Å². The number of aromatic nitrogens is 2. The Morgan fingerprint density at radius 1 is 1.20 bits per heavy atom. The summed E-state index contributed by atoms with van der Waals surface area (Å²) in [6, 6.07) is 8.56. The van der Waals surface area contributed by atoms with Crippen LogP contribution in [0.15, 0.2) is 36.5 Å². The van der Waals surface area contributed by atoms with Gasteiger partial charge >= 0.3 is 5.97 Å². The van der Waals surface area contributed by atoms with Crippen LogP contribution in [0, 0.1) is 0 Å². The van der Waals surface area contributed by atoms with Crippen LogP contribution in [0.3, 0.4) is 0 Å². The minimum absolute atomic E-state index is 0.0984. The number of hydrogen-bond acceptors (Lipinski definition) is 5. The number of benzene rings is 1. The Hall–Kier alpha value is -2.83. The zero-order valence-electron chi connectivity index (χ0n) is 14.9. The van der Waals surface area contributed by atoms with Crippen LogP contribution in [0.4, 0.5) is 5.82 Å². The Morgan fingerprint density at radius 2 is 1.92 bits per heavy atom. The van der Waals surface area contributed by atoms with Crippen LogP contribution in [-0.4, -0.2) is 34.4 Å². The summed E-state index contributed by atoms with van der Waals surface area (Å²) >= 11 is 0. The summed E-state index contributed by atoms with van der Waals surface area (Å²) in [7, 11) is 0. The van der Waals surface area contributed by atoms with Crippen LogP contribution in [-0.2, 0) is 9.53 Å². The number of carbonyl (C=O) groups excluding carboxylic acids is 2. The number of rotatable bonds is 7. The molecule has 2 aromatic rings. The molecule has 1 heterocycles. The molecule has 7 nitrogen and oxygen atoms in total. The lowest BCUT2D eigenvalue weighted by Gasteiger charge is -2.16. The molecule has 0 aliphatic carbocycles. The van der Waals surface area contributed by atoms with Crippen molar-refractivity contribution in [2.75, 3.05) is 11.9 Å². The average Bonchev–Trinajstić information content (AvgIpc) is 3.03. The van der Waals surface area contributed by atoms with E-state index in [-0.39, 0.29) is 11.6 Å². The van der Waals surface area contributed by atoms with Crippen LogP contribution in [0.2, 0.25) is 0 Å². The highest BCUT2D eigenvalue weighted by atomic mass is 16.5. The summed E-state index contributed by atoms with van der Waals surface area (Å²) in [6.07, 6.45) is 0.641. The van der Waals surface area contributed by atoms with E-state index in [2.05, 4.69) is 10.4 Å². The molecule has 1 atom stereocenters. The van der Waals surface area contributed by atoms with E-state index in [0.29, 0.717) is 18.2 Å². The van der Waals surface area contributed by atoms with Crippen molar-refractivity contribution >= 4 is 17.7 Å². The van der Waals surface area contributed by atoms with Gasteiger partial charge in [-0.1, -0.05) is 12.1 Å². The van der Waals surface area contributed by atoms with E-state index < -0.39 is 18.0 Å². The van der Waals surface area contributed by atoms with Gasteiger partial charge in [-0.3, -0.25) is 4.79 Å². The first-order chi connectivity index (χ1) is 11.9. The number of esters is 1. The van der Waals surface area contributed by atoms with Crippen LogP contribution in [0.25, 0.3) is 0 Å². The van der Waals surface area contributed by atoms with Gasteiger partial charge in [0.2, 0.25) is 0 Å². The predicted molar refractivity (Wildman–Crippen MR) is 93.7 cm³/mol. The van der Waals surface area contributed by atoms with E-state index in [0.717, 1.165) is 0 Å². The Bertz CT molecular complexity index is 739. The molecule has 7 heteroatoms. The lowest BCUT2D eigenvalue weighted by molar-refractivity contribution is -0.123. The van der Waals surface area contributed by atoms with Gasteiger partial charge < -0.3 is 14.8 Å². The van der Waals surface area contributed by atoms with Crippen molar-refractivity contribution < 1.29 is 19.1 Å². The molecule has 134 valence electrons. The van der Waals surface area contributed by atoms with Crippen LogP contribution >= 0.6 is 0 Å². The van der Waals surface area contributed by atoms with Gasteiger partial charge in [0, 0.05) is 12.1 Å². The second kappa shape index (κ2) is 8.32. The second-order valence-corrected chi connectivity index (χ2v) is 5.72. The monoisotopic (exact) mass is 345 g/mol. The van der Waals surface area contributed by atoms with Gasteiger partial charge in [0.25, 0.3) is 5.91 Å². The molecule has 25 heavy (non-hydrogen) atoms. The third kappa shape index (κ3) is 4.59. The van der Waals surface area contributed by atoms with Crippen LogP contribution < -0.4 is 10.1 Å². The first-order valence-corrected chi connectivity index (χ1v) is 8.21. The molecule has 1 aromatic heterocycles. The number of carbonyl (C=O) groups is 2. The highest BCUT2D eigenvalue weighted by Gasteiger charge is 2.22. The van der Waals surface area contributed by atoms with Crippen molar-refractivity contribution in [2.45, 2.75) is 39.8 Å². The number of nitrogens with zero attached hydrogens (tertiary/aromatic N) is 2. The molecule has 0 aliphatic heterocycles. The molecule has 0 bridgehead atoms. The fourth-order valence-electron chi connectivity index (χ4n) is 2.25. The van der Waals surface area contributed by atoms with Gasteiger partial charge in [-0.05, 0) is 39.8 Å². The third-order valence-electron chi connectivity index (χ3n) is 3.47. The maximum atomic E-state index is 12.3. The average molecular weight is 345 g/mol. The summed E-state index contributed by atoms with van der Waals surface area (Å²) in [5, 5.41) is 6.87. The Labute approximate surface area is 146 Å². The van der Waals surface area contributed by atoms with E-state index in [1.807, 2.05) is 20.8 Å². The van der Waals surface area contributed by atoms with Crippen LogP contribution in [0.5, 0.6) is 5.75 Å². The Morgan fingerprint density at radius 3 is 2.60 bits per heavy atom. The minimum Gasteiger partial charge on any atom is -0.493 e. The van der Waals surface area contributed by atoms with Crippen molar-refractivity contribution in [2.24, 2.45) is 0 Å². The van der Waals surface area contributed by atoms with Gasteiger partial charge in [-0.2, -0.15) is 5.10 Å². The zero-order chi connectivity index (χ0) is 18.4. The first-order valence-electron chi connectivity index (χ1n) is 8.21. The highest BCUT2D eigenvalue weighted by molar-refractivity contribution is 5.98. The SMILES string of the molecule is CCOc1ccccc1C(=O)O[C@H](C)C(=O)Nc1ccnn1C(C)C. The fraction of sp³-hybridized carbons (Fsp3) is 0.389. The van der Waals surface area contributed by atoms with Gasteiger partial charge in [0.1, 0.15) is 17.1 Å². The first kappa shape index (κ1) is 18.5. The van der Waals surface area contributed by atoms with Gasteiger partial charge in [0.05, 0.1) is 12.8 Å².